The molecular formula is C15H22N2O3S. The molecule has 0 aromatic carbocycles. The number of rotatable bonds is 7. The second-order valence-corrected chi connectivity index (χ2v) is 7.07. The van der Waals surface area contributed by atoms with Crippen LogP contribution < -0.4 is 5.32 Å². The van der Waals surface area contributed by atoms with Gasteiger partial charge in [-0.3, -0.25) is 4.79 Å². The first-order valence-electron chi connectivity index (χ1n) is 6.63. The standard InChI is InChI=1S/C15H22N2O3S/c1-15(2,10-17(3)4)9-16-14(20)12-7-5-11(21-12)6-8-13(18)19/h5-8H,9-10H2,1-4H3,(H,16,20)(H,18,19). The van der Waals surface area contributed by atoms with E-state index >= 15 is 0 Å². The molecule has 2 N–H and O–H groups in total. The monoisotopic (exact) mass is 310 g/mol. The minimum absolute atomic E-state index is 0.0114. The van der Waals surface area contributed by atoms with E-state index in [9.17, 15) is 9.59 Å². The molecular weight excluding hydrogens is 288 g/mol. The fraction of sp³-hybridized carbons (Fsp3) is 0.467. The summed E-state index contributed by atoms with van der Waals surface area (Å²) in [6.07, 6.45) is 2.55. The number of carbonyl (C=O) groups is 2. The molecule has 0 aliphatic carbocycles. The Hall–Kier alpha value is -1.66. The van der Waals surface area contributed by atoms with Gasteiger partial charge in [0.15, 0.2) is 0 Å². The first-order chi connectivity index (χ1) is 9.69. The van der Waals surface area contributed by atoms with E-state index < -0.39 is 5.97 Å². The van der Waals surface area contributed by atoms with Crippen molar-refractivity contribution >= 4 is 29.3 Å². The average molecular weight is 310 g/mol. The van der Waals surface area contributed by atoms with Gasteiger partial charge in [-0.05, 0) is 37.7 Å². The molecule has 0 bridgehead atoms. The van der Waals surface area contributed by atoms with E-state index in [1.54, 1.807) is 12.1 Å². The van der Waals surface area contributed by atoms with Crippen LogP contribution in [0.25, 0.3) is 6.08 Å². The van der Waals surface area contributed by atoms with Gasteiger partial charge in [-0.25, -0.2) is 4.79 Å². The van der Waals surface area contributed by atoms with Gasteiger partial charge in [0.05, 0.1) is 4.88 Å². The lowest BCUT2D eigenvalue weighted by Crippen LogP contribution is -2.39. The highest BCUT2D eigenvalue weighted by molar-refractivity contribution is 7.14. The minimum atomic E-state index is -1.00. The van der Waals surface area contributed by atoms with Crippen LogP contribution in [0.1, 0.15) is 28.4 Å². The summed E-state index contributed by atoms with van der Waals surface area (Å²) in [5.41, 5.74) is -0.0114. The van der Waals surface area contributed by atoms with Crippen molar-refractivity contribution in [2.75, 3.05) is 27.2 Å². The van der Waals surface area contributed by atoms with E-state index in [0.717, 1.165) is 17.5 Å². The SMILES string of the molecule is CN(C)CC(C)(C)CNC(=O)c1ccc(C=CC(=O)O)s1. The molecule has 0 radical (unpaired) electrons. The summed E-state index contributed by atoms with van der Waals surface area (Å²) in [6.45, 7) is 5.66. The molecule has 0 atom stereocenters. The van der Waals surface area contributed by atoms with Crippen LogP contribution >= 0.6 is 11.3 Å². The van der Waals surface area contributed by atoms with Gasteiger partial charge in [-0.1, -0.05) is 13.8 Å². The molecule has 1 rings (SSSR count). The molecule has 0 spiro atoms. The predicted octanol–water partition coefficient (Wildman–Crippen LogP) is 2.16. The summed E-state index contributed by atoms with van der Waals surface area (Å²) in [7, 11) is 4.01. The molecule has 116 valence electrons. The molecule has 0 aliphatic heterocycles. The molecule has 0 fully saturated rings. The molecule has 5 nitrogen and oxygen atoms in total. The summed E-state index contributed by atoms with van der Waals surface area (Å²) < 4.78 is 0. The summed E-state index contributed by atoms with van der Waals surface area (Å²) in [4.78, 5) is 25.9. The maximum absolute atomic E-state index is 12.1. The third-order valence-electron chi connectivity index (χ3n) is 2.71. The van der Waals surface area contributed by atoms with Gasteiger partial charge in [0.2, 0.25) is 0 Å². The van der Waals surface area contributed by atoms with Crippen molar-refractivity contribution in [3.8, 4) is 0 Å². The number of nitrogens with zero attached hydrogens (tertiary/aromatic N) is 1. The quantitative estimate of drug-likeness (QED) is 0.757. The fourth-order valence-electron chi connectivity index (χ4n) is 2.04. The second kappa shape index (κ2) is 7.38. The van der Waals surface area contributed by atoms with E-state index in [4.69, 9.17) is 5.11 Å². The second-order valence-electron chi connectivity index (χ2n) is 5.96. The molecule has 21 heavy (non-hydrogen) atoms. The van der Waals surface area contributed by atoms with Crippen molar-refractivity contribution in [2.24, 2.45) is 5.41 Å². The Morgan fingerprint density at radius 3 is 2.62 bits per heavy atom. The van der Waals surface area contributed by atoms with Gasteiger partial charge >= 0.3 is 5.97 Å². The number of nitrogens with one attached hydrogen (secondary N) is 1. The fourth-order valence-corrected chi connectivity index (χ4v) is 2.86. The molecule has 0 aliphatic rings. The maximum atomic E-state index is 12.1. The molecule has 0 saturated heterocycles. The topological polar surface area (TPSA) is 69.6 Å². The zero-order valence-electron chi connectivity index (χ0n) is 12.8. The van der Waals surface area contributed by atoms with Crippen LogP contribution in [0, 0.1) is 5.41 Å². The highest BCUT2D eigenvalue weighted by Crippen LogP contribution is 2.19. The van der Waals surface area contributed by atoms with Crippen molar-refractivity contribution in [2.45, 2.75) is 13.8 Å². The lowest BCUT2D eigenvalue weighted by molar-refractivity contribution is -0.131. The zero-order valence-corrected chi connectivity index (χ0v) is 13.7. The van der Waals surface area contributed by atoms with Crippen LogP contribution in [0.15, 0.2) is 18.2 Å². The van der Waals surface area contributed by atoms with Gasteiger partial charge < -0.3 is 15.3 Å². The van der Waals surface area contributed by atoms with Crippen molar-refractivity contribution in [1.29, 1.82) is 0 Å². The lowest BCUT2D eigenvalue weighted by atomic mass is 9.93. The molecule has 1 heterocycles. The molecule has 0 unspecified atom stereocenters. The van der Waals surface area contributed by atoms with E-state index in [1.165, 1.54) is 17.4 Å². The van der Waals surface area contributed by atoms with Crippen LogP contribution in [0.5, 0.6) is 0 Å². The molecule has 6 heteroatoms. The number of amides is 1. The number of hydrogen-bond donors (Lipinski definition) is 2. The van der Waals surface area contributed by atoms with Crippen LogP contribution in [0.4, 0.5) is 0 Å². The van der Waals surface area contributed by atoms with E-state index in [1.807, 2.05) is 14.1 Å². The first-order valence-corrected chi connectivity index (χ1v) is 7.45. The number of carboxylic acids is 1. The summed E-state index contributed by atoms with van der Waals surface area (Å²) in [5.74, 6) is -1.12. The Balaban J connectivity index is 2.58. The number of carboxylic acid groups (broad SMARTS) is 1. The molecule has 1 aromatic rings. The Labute approximate surface area is 129 Å². The number of aliphatic carboxylic acids is 1. The van der Waals surface area contributed by atoms with Gasteiger partial charge in [0.1, 0.15) is 0 Å². The van der Waals surface area contributed by atoms with E-state index in [-0.39, 0.29) is 11.3 Å². The van der Waals surface area contributed by atoms with Crippen molar-refractivity contribution < 1.29 is 14.7 Å². The van der Waals surface area contributed by atoms with E-state index in [0.29, 0.717) is 11.4 Å². The average Bonchev–Trinajstić information content (AvgIpc) is 2.81. The summed E-state index contributed by atoms with van der Waals surface area (Å²) in [6, 6.07) is 3.45. The van der Waals surface area contributed by atoms with Gasteiger partial charge in [-0.15, -0.1) is 11.3 Å². The predicted molar refractivity (Wildman–Crippen MR) is 85.7 cm³/mol. The Morgan fingerprint density at radius 1 is 1.38 bits per heavy atom. The molecule has 1 amide bonds. The smallest absolute Gasteiger partial charge is 0.328 e. The Morgan fingerprint density at radius 2 is 2.05 bits per heavy atom. The first kappa shape index (κ1) is 17.4. The lowest BCUT2D eigenvalue weighted by Gasteiger charge is -2.28. The highest BCUT2D eigenvalue weighted by atomic mass is 32.1. The number of carbonyl (C=O) groups excluding carboxylic acids is 1. The van der Waals surface area contributed by atoms with Crippen molar-refractivity contribution in [3.63, 3.8) is 0 Å². The van der Waals surface area contributed by atoms with Gasteiger partial charge in [0, 0.05) is 24.0 Å². The van der Waals surface area contributed by atoms with Crippen LogP contribution in [-0.4, -0.2) is 49.1 Å². The van der Waals surface area contributed by atoms with Crippen LogP contribution in [-0.2, 0) is 4.79 Å². The van der Waals surface area contributed by atoms with Crippen LogP contribution in [0.3, 0.4) is 0 Å². The van der Waals surface area contributed by atoms with Crippen molar-refractivity contribution in [3.05, 3.63) is 28.0 Å². The summed E-state index contributed by atoms with van der Waals surface area (Å²) in [5, 5.41) is 11.5. The zero-order chi connectivity index (χ0) is 16.0. The third kappa shape index (κ3) is 6.55. The normalized spacial score (nSPS) is 12.0. The van der Waals surface area contributed by atoms with E-state index in [2.05, 4.69) is 24.1 Å². The maximum Gasteiger partial charge on any atom is 0.328 e. The molecule has 1 aromatic heterocycles. The minimum Gasteiger partial charge on any atom is -0.478 e. The third-order valence-corrected chi connectivity index (χ3v) is 3.76. The number of hydrogen-bond acceptors (Lipinski definition) is 4. The Kier molecular flexibility index (Phi) is 6.11. The highest BCUT2D eigenvalue weighted by Gasteiger charge is 2.20. The van der Waals surface area contributed by atoms with Gasteiger partial charge in [0.25, 0.3) is 5.91 Å². The van der Waals surface area contributed by atoms with Gasteiger partial charge in [-0.2, -0.15) is 0 Å². The number of thiophene rings is 1. The Bertz CT molecular complexity index is 533. The summed E-state index contributed by atoms with van der Waals surface area (Å²) >= 11 is 1.27. The molecule has 0 saturated carbocycles. The van der Waals surface area contributed by atoms with Crippen LogP contribution in [0.2, 0.25) is 0 Å². The largest absolute Gasteiger partial charge is 0.478 e. The van der Waals surface area contributed by atoms with Crippen molar-refractivity contribution in [1.82, 2.24) is 10.2 Å².